The van der Waals surface area contributed by atoms with Crippen molar-refractivity contribution in [3.05, 3.63) is 54.1 Å². The summed E-state index contributed by atoms with van der Waals surface area (Å²) in [5.74, 6) is -0.125. The first-order chi connectivity index (χ1) is 13.1. The van der Waals surface area contributed by atoms with Gasteiger partial charge in [-0.25, -0.2) is 9.97 Å². The number of ether oxygens (including phenoxy) is 1. The number of hydrogen-bond donors (Lipinski definition) is 2. The van der Waals surface area contributed by atoms with Crippen LogP contribution >= 0.6 is 0 Å². The molecule has 2 heterocycles. The van der Waals surface area contributed by atoms with E-state index in [1.165, 1.54) is 6.33 Å². The van der Waals surface area contributed by atoms with Crippen LogP contribution in [-0.4, -0.2) is 57.6 Å². The minimum absolute atomic E-state index is 0.0856. The molecule has 0 bridgehead atoms. The van der Waals surface area contributed by atoms with Crippen LogP contribution in [0.2, 0.25) is 0 Å². The van der Waals surface area contributed by atoms with Crippen LogP contribution in [0.4, 0.5) is 0 Å². The molecule has 0 aliphatic carbocycles. The quantitative estimate of drug-likeness (QED) is 0.774. The molecule has 1 aliphatic rings. The number of benzene rings is 1. The van der Waals surface area contributed by atoms with Crippen molar-refractivity contribution in [1.29, 1.82) is 0 Å². The molecule has 1 aromatic heterocycles. The van der Waals surface area contributed by atoms with Gasteiger partial charge in [-0.1, -0.05) is 12.1 Å². The Morgan fingerprint density at radius 2 is 2.22 bits per heavy atom. The summed E-state index contributed by atoms with van der Waals surface area (Å²) in [7, 11) is 0. The lowest BCUT2D eigenvalue weighted by molar-refractivity contribution is -0.141. The molecule has 2 N–H and O–H groups in total. The van der Waals surface area contributed by atoms with Gasteiger partial charge in [0, 0.05) is 19.2 Å². The van der Waals surface area contributed by atoms with Crippen molar-refractivity contribution in [3.63, 3.8) is 0 Å². The standard InChI is InChI=1S/C19H22N4O4/c24-17-3-1-2-14(8-17)9-19(26)23-6-7-27-12-16(23)10-18(25)21-11-15-4-5-20-13-22-15/h1-5,8,13,16,24H,6-7,9-12H2,(H,21,25)/t16-/m1/s1. The molecule has 142 valence electrons. The highest BCUT2D eigenvalue weighted by molar-refractivity contribution is 5.81. The van der Waals surface area contributed by atoms with Crippen LogP contribution in [0.5, 0.6) is 5.75 Å². The Bertz CT molecular complexity index is 784. The van der Waals surface area contributed by atoms with E-state index in [4.69, 9.17) is 4.74 Å². The Hall–Kier alpha value is -3.00. The number of hydrogen-bond acceptors (Lipinski definition) is 6. The van der Waals surface area contributed by atoms with Gasteiger partial charge in [0.2, 0.25) is 11.8 Å². The lowest BCUT2D eigenvalue weighted by Crippen LogP contribution is -2.51. The summed E-state index contributed by atoms with van der Waals surface area (Å²) in [6, 6.07) is 8.05. The number of aromatic nitrogens is 2. The largest absolute Gasteiger partial charge is 0.508 e. The van der Waals surface area contributed by atoms with E-state index >= 15 is 0 Å². The van der Waals surface area contributed by atoms with E-state index in [1.54, 1.807) is 41.4 Å². The minimum atomic E-state index is -0.311. The molecule has 1 aromatic carbocycles. The summed E-state index contributed by atoms with van der Waals surface area (Å²) in [6.07, 6.45) is 3.38. The van der Waals surface area contributed by atoms with Crippen molar-refractivity contribution in [3.8, 4) is 5.75 Å². The molecule has 1 fully saturated rings. The Morgan fingerprint density at radius 1 is 1.33 bits per heavy atom. The number of rotatable bonds is 6. The first-order valence-electron chi connectivity index (χ1n) is 8.78. The first kappa shape index (κ1) is 18.8. The van der Waals surface area contributed by atoms with E-state index in [0.717, 1.165) is 11.3 Å². The van der Waals surface area contributed by atoms with Crippen molar-refractivity contribution in [2.75, 3.05) is 19.8 Å². The van der Waals surface area contributed by atoms with Crippen molar-refractivity contribution >= 4 is 11.8 Å². The molecule has 0 unspecified atom stereocenters. The summed E-state index contributed by atoms with van der Waals surface area (Å²) in [6.45, 7) is 1.53. The smallest absolute Gasteiger partial charge is 0.227 e. The van der Waals surface area contributed by atoms with Crippen LogP contribution in [0.15, 0.2) is 42.9 Å². The molecule has 2 aromatic rings. The number of morpholine rings is 1. The second-order valence-corrected chi connectivity index (χ2v) is 6.34. The van der Waals surface area contributed by atoms with Gasteiger partial charge in [0.25, 0.3) is 0 Å². The fourth-order valence-corrected chi connectivity index (χ4v) is 2.99. The zero-order valence-electron chi connectivity index (χ0n) is 14.9. The molecule has 8 nitrogen and oxygen atoms in total. The van der Waals surface area contributed by atoms with Crippen LogP contribution in [0.25, 0.3) is 0 Å². The number of amides is 2. The maximum Gasteiger partial charge on any atom is 0.227 e. The maximum absolute atomic E-state index is 12.7. The highest BCUT2D eigenvalue weighted by Gasteiger charge is 2.29. The zero-order chi connectivity index (χ0) is 19.1. The molecule has 0 saturated carbocycles. The van der Waals surface area contributed by atoms with Crippen molar-refractivity contribution in [2.45, 2.75) is 25.4 Å². The van der Waals surface area contributed by atoms with Gasteiger partial charge < -0.3 is 20.1 Å². The van der Waals surface area contributed by atoms with Crippen LogP contribution < -0.4 is 5.32 Å². The second-order valence-electron chi connectivity index (χ2n) is 6.34. The van der Waals surface area contributed by atoms with Crippen molar-refractivity contribution < 1.29 is 19.4 Å². The topological polar surface area (TPSA) is 105 Å². The van der Waals surface area contributed by atoms with E-state index in [0.29, 0.717) is 26.3 Å². The fraction of sp³-hybridized carbons (Fsp3) is 0.368. The van der Waals surface area contributed by atoms with Gasteiger partial charge in [-0.15, -0.1) is 0 Å². The number of carbonyl (C=O) groups is 2. The van der Waals surface area contributed by atoms with Crippen LogP contribution in [-0.2, 0) is 27.3 Å². The van der Waals surface area contributed by atoms with E-state index in [2.05, 4.69) is 15.3 Å². The molecule has 0 spiro atoms. The molecule has 1 atom stereocenters. The van der Waals surface area contributed by atoms with Crippen molar-refractivity contribution in [1.82, 2.24) is 20.2 Å². The third kappa shape index (κ3) is 5.49. The van der Waals surface area contributed by atoms with E-state index < -0.39 is 0 Å². The Balaban J connectivity index is 1.56. The molecule has 27 heavy (non-hydrogen) atoms. The number of phenolic OH excluding ortho intramolecular Hbond substituents is 1. The third-order valence-electron chi connectivity index (χ3n) is 4.34. The lowest BCUT2D eigenvalue weighted by Gasteiger charge is -2.35. The predicted molar refractivity (Wildman–Crippen MR) is 96.6 cm³/mol. The average Bonchev–Trinajstić information content (AvgIpc) is 2.67. The molecule has 3 rings (SSSR count). The van der Waals surface area contributed by atoms with Crippen LogP contribution in [0, 0.1) is 0 Å². The summed E-state index contributed by atoms with van der Waals surface area (Å²) < 4.78 is 5.46. The summed E-state index contributed by atoms with van der Waals surface area (Å²) in [4.78, 5) is 34.6. The number of aromatic hydroxyl groups is 1. The summed E-state index contributed by atoms with van der Waals surface area (Å²) in [5, 5.41) is 12.4. The van der Waals surface area contributed by atoms with Gasteiger partial charge in [0.05, 0.1) is 37.9 Å². The Labute approximate surface area is 157 Å². The molecular formula is C19H22N4O4. The van der Waals surface area contributed by atoms with Gasteiger partial charge in [0.1, 0.15) is 12.1 Å². The average molecular weight is 370 g/mol. The minimum Gasteiger partial charge on any atom is -0.508 e. The SMILES string of the molecule is O=C(C[C@@H]1COCCN1C(=O)Cc1cccc(O)c1)NCc1ccncn1. The van der Waals surface area contributed by atoms with Crippen LogP contribution in [0.1, 0.15) is 17.7 Å². The summed E-state index contributed by atoms with van der Waals surface area (Å²) in [5.41, 5.74) is 1.45. The number of nitrogens with one attached hydrogen (secondary N) is 1. The monoisotopic (exact) mass is 370 g/mol. The second kappa shape index (κ2) is 9.09. The van der Waals surface area contributed by atoms with E-state index in [1.807, 2.05) is 0 Å². The molecular weight excluding hydrogens is 348 g/mol. The predicted octanol–water partition coefficient (Wildman–Crippen LogP) is 0.659. The Morgan fingerprint density at radius 3 is 3.00 bits per heavy atom. The molecule has 1 saturated heterocycles. The number of carbonyl (C=O) groups excluding carboxylic acids is 2. The van der Waals surface area contributed by atoms with E-state index in [-0.39, 0.29) is 36.4 Å². The van der Waals surface area contributed by atoms with Gasteiger partial charge in [-0.2, -0.15) is 0 Å². The van der Waals surface area contributed by atoms with Crippen LogP contribution in [0.3, 0.4) is 0 Å². The normalized spacial score (nSPS) is 16.7. The maximum atomic E-state index is 12.7. The molecule has 1 aliphatic heterocycles. The number of phenols is 1. The Kier molecular flexibility index (Phi) is 6.32. The van der Waals surface area contributed by atoms with Gasteiger partial charge in [-0.3, -0.25) is 9.59 Å². The number of nitrogens with zero attached hydrogens (tertiary/aromatic N) is 3. The van der Waals surface area contributed by atoms with E-state index in [9.17, 15) is 14.7 Å². The lowest BCUT2D eigenvalue weighted by atomic mass is 10.1. The fourth-order valence-electron chi connectivity index (χ4n) is 2.99. The highest BCUT2D eigenvalue weighted by Crippen LogP contribution is 2.16. The zero-order valence-corrected chi connectivity index (χ0v) is 14.9. The molecule has 8 heteroatoms. The highest BCUT2D eigenvalue weighted by atomic mass is 16.5. The van der Waals surface area contributed by atoms with Crippen molar-refractivity contribution in [2.24, 2.45) is 0 Å². The van der Waals surface area contributed by atoms with Gasteiger partial charge in [-0.05, 0) is 23.8 Å². The molecule has 0 radical (unpaired) electrons. The summed E-state index contributed by atoms with van der Waals surface area (Å²) >= 11 is 0. The van der Waals surface area contributed by atoms with Gasteiger partial charge >= 0.3 is 0 Å². The third-order valence-corrected chi connectivity index (χ3v) is 4.34. The molecule has 2 amide bonds. The first-order valence-corrected chi connectivity index (χ1v) is 8.78. The van der Waals surface area contributed by atoms with Gasteiger partial charge in [0.15, 0.2) is 0 Å².